The van der Waals surface area contributed by atoms with Crippen LogP contribution in [0.25, 0.3) is 10.6 Å². The average Bonchev–Trinajstić information content (AvgIpc) is 2.54. The molecule has 2 nitrogen and oxygen atoms in total. The third kappa shape index (κ3) is 1.54. The van der Waals surface area contributed by atoms with E-state index in [9.17, 15) is 0 Å². The third-order valence-corrected chi connectivity index (χ3v) is 3.01. The Morgan fingerprint density at radius 1 is 1.33 bits per heavy atom. The minimum Gasteiger partial charge on any atom is -0.234 e. The SMILES string of the molecule is Brc1ccc(-c2ccn[c]n2)s1. The lowest BCUT2D eigenvalue weighted by molar-refractivity contribution is 1.16. The Hall–Kier alpha value is -0.740. The van der Waals surface area contributed by atoms with Gasteiger partial charge in [-0.3, -0.25) is 0 Å². The van der Waals surface area contributed by atoms with Gasteiger partial charge in [0.15, 0.2) is 6.33 Å². The average molecular weight is 240 g/mol. The van der Waals surface area contributed by atoms with Crippen LogP contribution < -0.4 is 0 Å². The fraction of sp³-hybridized carbons (Fsp3) is 0. The summed E-state index contributed by atoms with van der Waals surface area (Å²) in [7, 11) is 0. The molecule has 0 bridgehead atoms. The van der Waals surface area contributed by atoms with Crippen LogP contribution in [0.5, 0.6) is 0 Å². The summed E-state index contributed by atoms with van der Waals surface area (Å²) in [6.07, 6.45) is 4.25. The van der Waals surface area contributed by atoms with Crippen molar-refractivity contribution in [2.24, 2.45) is 0 Å². The van der Waals surface area contributed by atoms with Crippen molar-refractivity contribution in [3.05, 3.63) is 34.5 Å². The number of aromatic nitrogens is 2. The maximum atomic E-state index is 4.02. The summed E-state index contributed by atoms with van der Waals surface area (Å²) >= 11 is 5.04. The molecule has 0 amide bonds. The smallest absolute Gasteiger partial charge is 0.198 e. The van der Waals surface area contributed by atoms with Gasteiger partial charge in [0, 0.05) is 6.20 Å². The molecule has 0 aliphatic rings. The van der Waals surface area contributed by atoms with Crippen LogP contribution in [0.1, 0.15) is 0 Å². The molecule has 0 aliphatic heterocycles. The Morgan fingerprint density at radius 3 is 2.83 bits per heavy atom. The minimum atomic E-state index is 0.917. The zero-order valence-corrected chi connectivity index (χ0v) is 8.39. The fourth-order valence-electron chi connectivity index (χ4n) is 0.850. The van der Waals surface area contributed by atoms with Gasteiger partial charge in [-0.25, -0.2) is 9.97 Å². The van der Waals surface area contributed by atoms with Gasteiger partial charge in [-0.1, -0.05) is 0 Å². The highest BCUT2D eigenvalue weighted by Gasteiger charge is 2.00. The van der Waals surface area contributed by atoms with Gasteiger partial charge in [0.05, 0.1) is 14.4 Å². The molecular formula is C8H4BrN2S. The molecule has 2 rings (SSSR count). The summed E-state index contributed by atoms with van der Waals surface area (Å²) in [6, 6.07) is 5.89. The first kappa shape index (κ1) is 7.89. The van der Waals surface area contributed by atoms with Crippen molar-refractivity contribution in [3.8, 4) is 10.6 Å². The summed E-state index contributed by atoms with van der Waals surface area (Å²) in [5.74, 6) is 0. The van der Waals surface area contributed by atoms with E-state index in [4.69, 9.17) is 0 Å². The van der Waals surface area contributed by atoms with Crippen molar-refractivity contribution in [2.45, 2.75) is 0 Å². The van der Waals surface area contributed by atoms with E-state index in [0.717, 1.165) is 14.4 Å². The van der Waals surface area contributed by atoms with E-state index in [2.05, 4.69) is 32.2 Å². The molecular weight excluding hydrogens is 236 g/mol. The van der Waals surface area contributed by atoms with Gasteiger partial charge in [-0.2, -0.15) is 0 Å². The van der Waals surface area contributed by atoms with Gasteiger partial charge in [0.25, 0.3) is 0 Å². The molecule has 2 heterocycles. The van der Waals surface area contributed by atoms with E-state index < -0.39 is 0 Å². The monoisotopic (exact) mass is 239 g/mol. The van der Waals surface area contributed by atoms with Crippen molar-refractivity contribution in [1.29, 1.82) is 0 Å². The molecule has 2 aromatic heterocycles. The first-order valence-electron chi connectivity index (χ1n) is 3.31. The zero-order valence-electron chi connectivity index (χ0n) is 5.99. The molecule has 0 saturated carbocycles. The summed E-state index contributed by atoms with van der Waals surface area (Å²) in [4.78, 5) is 8.88. The number of halogens is 1. The highest BCUT2D eigenvalue weighted by molar-refractivity contribution is 9.11. The Labute approximate surface area is 82.4 Å². The van der Waals surface area contributed by atoms with Gasteiger partial charge in [0.1, 0.15) is 0 Å². The molecule has 2 aromatic rings. The fourth-order valence-corrected chi connectivity index (χ4v) is 2.21. The highest BCUT2D eigenvalue weighted by atomic mass is 79.9. The maximum Gasteiger partial charge on any atom is 0.198 e. The van der Waals surface area contributed by atoms with Gasteiger partial charge < -0.3 is 0 Å². The second kappa shape index (κ2) is 3.33. The number of hydrogen-bond donors (Lipinski definition) is 0. The van der Waals surface area contributed by atoms with Gasteiger partial charge in [0.2, 0.25) is 0 Å². The van der Waals surface area contributed by atoms with Crippen LogP contribution >= 0.6 is 27.3 Å². The van der Waals surface area contributed by atoms with Crippen LogP contribution in [-0.4, -0.2) is 9.97 Å². The molecule has 0 atom stereocenters. The van der Waals surface area contributed by atoms with Gasteiger partial charge in [-0.05, 0) is 34.1 Å². The summed E-state index contributed by atoms with van der Waals surface area (Å²) < 4.78 is 1.11. The van der Waals surface area contributed by atoms with Crippen LogP contribution in [0.4, 0.5) is 0 Å². The molecule has 1 radical (unpaired) electrons. The van der Waals surface area contributed by atoms with Crippen molar-refractivity contribution < 1.29 is 0 Å². The Kier molecular flexibility index (Phi) is 2.19. The first-order valence-corrected chi connectivity index (χ1v) is 4.92. The molecule has 0 unspecified atom stereocenters. The van der Waals surface area contributed by atoms with Crippen molar-refractivity contribution in [2.75, 3.05) is 0 Å². The van der Waals surface area contributed by atoms with Crippen LogP contribution in [0, 0.1) is 6.33 Å². The van der Waals surface area contributed by atoms with Crippen LogP contribution in [0.3, 0.4) is 0 Å². The standard InChI is InChI=1S/C8H4BrN2S/c9-8-2-1-7(12-8)6-3-4-10-5-11-6/h1-4H. The lowest BCUT2D eigenvalue weighted by Crippen LogP contribution is -1.79. The summed E-state index contributed by atoms with van der Waals surface area (Å²) in [5, 5.41) is 0. The van der Waals surface area contributed by atoms with E-state index in [0.29, 0.717) is 0 Å². The lowest BCUT2D eigenvalue weighted by Gasteiger charge is -1.91. The molecule has 0 spiro atoms. The Balaban J connectivity index is 2.45. The summed E-state index contributed by atoms with van der Waals surface area (Å²) in [5.41, 5.74) is 0.917. The van der Waals surface area contributed by atoms with E-state index >= 15 is 0 Å². The van der Waals surface area contributed by atoms with Crippen LogP contribution in [-0.2, 0) is 0 Å². The van der Waals surface area contributed by atoms with E-state index in [-0.39, 0.29) is 0 Å². The molecule has 59 valence electrons. The van der Waals surface area contributed by atoms with Crippen molar-refractivity contribution in [1.82, 2.24) is 9.97 Å². The quantitative estimate of drug-likeness (QED) is 0.765. The van der Waals surface area contributed by atoms with Crippen LogP contribution in [0.15, 0.2) is 28.2 Å². The lowest BCUT2D eigenvalue weighted by atomic mass is 10.3. The highest BCUT2D eigenvalue weighted by Crippen LogP contribution is 2.29. The predicted octanol–water partition coefficient (Wildman–Crippen LogP) is 2.77. The molecule has 0 N–H and O–H groups in total. The van der Waals surface area contributed by atoms with Crippen molar-refractivity contribution >= 4 is 27.3 Å². The molecule has 4 heteroatoms. The second-order valence-corrected chi connectivity index (χ2v) is 4.61. The molecule has 0 aromatic carbocycles. The normalized spacial score (nSPS) is 10.1. The largest absolute Gasteiger partial charge is 0.234 e. The van der Waals surface area contributed by atoms with E-state index in [1.165, 1.54) is 0 Å². The van der Waals surface area contributed by atoms with E-state index in [1.807, 2.05) is 18.2 Å². The summed E-state index contributed by atoms with van der Waals surface area (Å²) in [6.45, 7) is 0. The molecule has 12 heavy (non-hydrogen) atoms. The number of thiophene rings is 1. The Bertz CT molecular complexity index is 372. The number of rotatable bonds is 1. The first-order chi connectivity index (χ1) is 5.86. The Morgan fingerprint density at radius 2 is 2.25 bits per heavy atom. The second-order valence-electron chi connectivity index (χ2n) is 2.15. The third-order valence-electron chi connectivity index (χ3n) is 1.36. The molecule has 0 aliphatic carbocycles. The topological polar surface area (TPSA) is 25.8 Å². The zero-order chi connectivity index (χ0) is 8.39. The molecule has 0 fully saturated rings. The van der Waals surface area contributed by atoms with Crippen LogP contribution in [0.2, 0.25) is 0 Å². The predicted molar refractivity (Wildman–Crippen MR) is 51.9 cm³/mol. The molecule has 0 saturated heterocycles. The minimum absolute atomic E-state index is 0.917. The number of hydrogen-bond acceptors (Lipinski definition) is 3. The van der Waals surface area contributed by atoms with E-state index in [1.54, 1.807) is 17.5 Å². The maximum absolute atomic E-state index is 4.02. The number of nitrogens with zero attached hydrogens (tertiary/aromatic N) is 2. The van der Waals surface area contributed by atoms with Crippen molar-refractivity contribution in [3.63, 3.8) is 0 Å². The van der Waals surface area contributed by atoms with Gasteiger partial charge in [-0.15, -0.1) is 11.3 Å². The van der Waals surface area contributed by atoms with Gasteiger partial charge >= 0.3 is 0 Å².